The normalized spacial score (nSPS) is 13.1. The molecular formula is C12H15BrCuN6OS2. The summed E-state index contributed by atoms with van der Waals surface area (Å²) in [6.07, 6.45) is 1.45. The molecule has 11 heteroatoms. The molecule has 0 fully saturated rings. The molecule has 0 aliphatic heterocycles. The molecule has 0 unspecified atom stereocenters. The summed E-state index contributed by atoms with van der Waals surface area (Å²) < 4.78 is 6.02. The molecular weight excluding hydrogens is 452 g/mol. The topological polar surface area (TPSA) is 86.6 Å². The minimum atomic E-state index is 0. The Morgan fingerprint density at radius 1 is 1.17 bits per heavy atom. The van der Waals surface area contributed by atoms with E-state index in [1.165, 1.54) is 6.21 Å². The fourth-order valence-electron chi connectivity index (χ4n) is 1.21. The first-order valence-corrected chi connectivity index (χ1v) is 7.99. The Hall–Kier alpha value is -1.00. The van der Waals surface area contributed by atoms with E-state index in [1.54, 1.807) is 12.1 Å². The smallest absolute Gasteiger partial charge is 0.741 e. The zero-order valence-electron chi connectivity index (χ0n) is 12.3. The number of hydrogen-bond acceptors (Lipinski definition) is 7. The molecule has 0 spiro atoms. The molecule has 7 nitrogen and oxygen atoms in total. The third kappa shape index (κ3) is 9.01. The summed E-state index contributed by atoms with van der Waals surface area (Å²) >= 11 is 13.2. The molecule has 0 aromatic carbocycles. The number of halogens is 1. The van der Waals surface area contributed by atoms with E-state index in [9.17, 15) is 0 Å². The van der Waals surface area contributed by atoms with Gasteiger partial charge in [0.25, 0.3) is 0 Å². The van der Waals surface area contributed by atoms with E-state index in [2.05, 4.69) is 47.0 Å². The molecule has 1 heterocycles. The molecule has 0 amide bonds. The summed E-state index contributed by atoms with van der Waals surface area (Å²) in [5, 5.41) is 8.67. The summed E-state index contributed by atoms with van der Waals surface area (Å²) in [7, 11) is 0. The van der Waals surface area contributed by atoms with E-state index in [1.807, 2.05) is 13.8 Å². The molecule has 0 aliphatic rings. The molecule has 129 valence electrons. The molecule has 23 heavy (non-hydrogen) atoms. The molecule has 0 saturated heterocycles. The maximum absolute atomic E-state index is 5.44. The van der Waals surface area contributed by atoms with Gasteiger partial charge in [0.2, 0.25) is 0 Å². The molecule has 0 atom stereocenters. The van der Waals surface area contributed by atoms with Gasteiger partial charge in [-0.2, -0.15) is 10.2 Å². The number of nitrogens with zero attached hydrogens (tertiary/aromatic N) is 4. The maximum atomic E-state index is 5.44. The van der Waals surface area contributed by atoms with Crippen molar-refractivity contribution >= 4 is 63.4 Å². The Bertz CT molecular complexity index is 602. The average Bonchev–Trinajstić information content (AvgIpc) is 2.89. The van der Waals surface area contributed by atoms with Crippen molar-refractivity contribution in [2.75, 3.05) is 13.1 Å². The van der Waals surface area contributed by atoms with E-state index < -0.39 is 0 Å². The van der Waals surface area contributed by atoms with Crippen LogP contribution in [-0.2, 0) is 42.3 Å². The molecule has 0 saturated carbocycles. The Labute approximate surface area is 165 Å². The first kappa shape index (κ1) is 22.0. The number of amidine groups is 2. The fraction of sp³-hybridized carbons (Fsp3) is 0.333. The van der Waals surface area contributed by atoms with Crippen LogP contribution in [0.3, 0.4) is 0 Å². The minimum absolute atomic E-state index is 0. The quantitative estimate of drug-likeness (QED) is 0.219. The van der Waals surface area contributed by atoms with Crippen molar-refractivity contribution in [2.24, 2.45) is 20.2 Å². The Morgan fingerprint density at radius 2 is 1.78 bits per heavy atom. The van der Waals surface area contributed by atoms with E-state index in [-0.39, 0.29) is 22.2 Å². The van der Waals surface area contributed by atoms with Crippen LogP contribution in [0.1, 0.15) is 19.6 Å². The Balaban J connectivity index is 0.00000484. The molecule has 1 aromatic rings. The van der Waals surface area contributed by atoms with Gasteiger partial charge < -0.3 is 29.7 Å². The number of hydrogen-bond donors (Lipinski definition) is 2. The van der Waals surface area contributed by atoms with Crippen LogP contribution in [0.4, 0.5) is 0 Å². The zero-order valence-corrected chi connectivity index (χ0v) is 16.5. The van der Waals surface area contributed by atoms with Crippen molar-refractivity contribution in [3.05, 3.63) is 22.6 Å². The number of hydrazone groups is 2. The predicted octanol–water partition coefficient (Wildman–Crippen LogP) is 1.75. The van der Waals surface area contributed by atoms with Crippen molar-refractivity contribution in [1.29, 1.82) is 0 Å². The summed E-state index contributed by atoms with van der Waals surface area (Å²) in [6.45, 7) is 4.92. The number of nitrogens with one attached hydrogen (secondary N) is 2. The van der Waals surface area contributed by atoms with Crippen LogP contribution < -0.4 is 10.9 Å². The largest absolute Gasteiger partial charge is 2.00 e. The van der Waals surface area contributed by atoms with Crippen LogP contribution in [-0.4, -0.2) is 35.4 Å². The second-order valence-corrected chi connectivity index (χ2v) is 5.20. The van der Waals surface area contributed by atoms with Crippen LogP contribution in [0.25, 0.3) is 0 Å². The van der Waals surface area contributed by atoms with Crippen molar-refractivity contribution in [3.63, 3.8) is 0 Å². The predicted molar refractivity (Wildman–Crippen MR) is 98.4 cm³/mol. The standard InChI is InChI=1S/C12H17BrN6OS2.Cu/c1-3-14-11(21)18-16-7-8(9-5-6-10(13)20-9)17-19-12(22)15-4-2;/h5-7H,3-4H2,1-2H3,(H2,14,18,21)(H2,15,19,22);/q;+2/p-2/b16-7+,17-8-;. The van der Waals surface area contributed by atoms with Gasteiger partial charge in [0.15, 0.2) is 10.4 Å². The number of rotatable bonds is 6. The van der Waals surface area contributed by atoms with Gasteiger partial charge in [0.05, 0.1) is 6.21 Å². The van der Waals surface area contributed by atoms with Crippen molar-refractivity contribution in [3.8, 4) is 0 Å². The fourth-order valence-corrected chi connectivity index (χ4v) is 1.88. The van der Waals surface area contributed by atoms with Gasteiger partial charge in [-0.25, -0.2) is 0 Å². The summed E-state index contributed by atoms with van der Waals surface area (Å²) in [6, 6.07) is 3.49. The van der Waals surface area contributed by atoms with Crippen LogP contribution in [0.2, 0.25) is 0 Å². The average molecular weight is 467 g/mol. The Kier molecular flexibility index (Phi) is 11.9. The van der Waals surface area contributed by atoms with Gasteiger partial charge >= 0.3 is 17.1 Å². The summed E-state index contributed by atoms with van der Waals surface area (Å²) in [4.78, 5) is 7.99. The van der Waals surface area contributed by atoms with Crippen LogP contribution in [0.5, 0.6) is 0 Å². The number of aliphatic imine (C=N–C) groups is 2. The van der Waals surface area contributed by atoms with Gasteiger partial charge in [0, 0.05) is 13.1 Å². The van der Waals surface area contributed by atoms with E-state index in [0.717, 1.165) is 0 Å². The maximum Gasteiger partial charge on any atom is 2.00 e. The van der Waals surface area contributed by atoms with Crippen molar-refractivity contribution in [2.45, 2.75) is 13.8 Å². The Morgan fingerprint density at radius 3 is 2.30 bits per heavy atom. The van der Waals surface area contributed by atoms with Gasteiger partial charge in [-0.3, -0.25) is 20.8 Å². The van der Waals surface area contributed by atoms with E-state index in [4.69, 9.17) is 29.7 Å². The monoisotopic (exact) mass is 465 g/mol. The third-order valence-electron chi connectivity index (χ3n) is 2.05. The van der Waals surface area contributed by atoms with Crippen molar-refractivity contribution < 1.29 is 21.5 Å². The SMILES string of the molecule is CCN=C([S-])N/N=C(/C=N/NC([S-])=NCC)c1ccc(Br)o1.[Cu+2]. The molecule has 0 bridgehead atoms. The van der Waals surface area contributed by atoms with Gasteiger partial charge in [-0.05, 0) is 52.2 Å². The minimum Gasteiger partial charge on any atom is -0.741 e. The first-order valence-electron chi connectivity index (χ1n) is 6.38. The van der Waals surface area contributed by atoms with E-state index >= 15 is 0 Å². The van der Waals surface area contributed by atoms with Gasteiger partial charge in [-0.15, -0.1) is 0 Å². The van der Waals surface area contributed by atoms with Crippen LogP contribution >= 0.6 is 15.9 Å². The molecule has 2 N–H and O–H groups in total. The van der Waals surface area contributed by atoms with Crippen LogP contribution in [0, 0.1) is 0 Å². The van der Waals surface area contributed by atoms with E-state index in [0.29, 0.717) is 34.4 Å². The van der Waals surface area contributed by atoms with Crippen molar-refractivity contribution in [1.82, 2.24) is 10.9 Å². The second kappa shape index (κ2) is 12.4. The molecule has 0 aliphatic carbocycles. The van der Waals surface area contributed by atoms with Crippen LogP contribution in [0.15, 0.2) is 41.4 Å². The van der Waals surface area contributed by atoms with Gasteiger partial charge in [0.1, 0.15) is 5.71 Å². The molecule has 1 aromatic heterocycles. The third-order valence-corrected chi connectivity index (χ3v) is 2.92. The zero-order chi connectivity index (χ0) is 16.4. The molecule has 1 radical (unpaired) electrons. The molecule has 1 rings (SSSR count). The van der Waals surface area contributed by atoms with Gasteiger partial charge in [-0.1, -0.05) is 0 Å². The number of furan rings is 1. The second-order valence-electron chi connectivity index (χ2n) is 3.64. The summed E-state index contributed by atoms with van der Waals surface area (Å²) in [5.41, 5.74) is 5.70. The first-order chi connectivity index (χ1) is 10.6. The summed E-state index contributed by atoms with van der Waals surface area (Å²) in [5.74, 6) is 0.502.